The van der Waals surface area contributed by atoms with Crippen LogP contribution in [0.15, 0.2) is 72.8 Å². The fourth-order valence-corrected chi connectivity index (χ4v) is 3.80. The van der Waals surface area contributed by atoms with E-state index in [-0.39, 0.29) is 11.8 Å². The van der Waals surface area contributed by atoms with Crippen LogP contribution in [0, 0.1) is 5.92 Å². The molecule has 0 aliphatic carbocycles. The molecule has 0 saturated carbocycles. The predicted molar refractivity (Wildman–Crippen MR) is 113 cm³/mol. The van der Waals surface area contributed by atoms with Crippen LogP contribution >= 0.6 is 0 Å². The summed E-state index contributed by atoms with van der Waals surface area (Å²) in [4.78, 5) is 12.3. The molecule has 0 bridgehead atoms. The maximum Gasteiger partial charge on any atom is 0.227 e. The van der Waals surface area contributed by atoms with E-state index in [0.717, 1.165) is 24.2 Å². The average Bonchev–Trinajstić information content (AvgIpc) is 3.04. The summed E-state index contributed by atoms with van der Waals surface area (Å²) < 4.78 is 2.27. The second kappa shape index (κ2) is 7.28. The van der Waals surface area contributed by atoms with Crippen molar-refractivity contribution in [3.8, 4) is 5.69 Å². The standard InChI is InChI=1S/C24H24N2O/c1-3-17(4-2)24(27)25-18-13-15-19(16-14-18)26-22-11-7-5-9-20(22)21-10-6-8-12-23(21)26/h5-17H,3-4H2,1-2H3,(H,25,27). The van der Waals surface area contributed by atoms with E-state index in [2.05, 4.69) is 84.4 Å². The number of aromatic nitrogens is 1. The maximum atomic E-state index is 12.3. The average molecular weight is 356 g/mol. The maximum absolute atomic E-state index is 12.3. The zero-order valence-electron chi connectivity index (χ0n) is 15.8. The fraction of sp³-hybridized carbons (Fsp3) is 0.208. The van der Waals surface area contributed by atoms with E-state index < -0.39 is 0 Å². The minimum Gasteiger partial charge on any atom is -0.326 e. The zero-order chi connectivity index (χ0) is 18.8. The lowest BCUT2D eigenvalue weighted by Gasteiger charge is -2.13. The van der Waals surface area contributed by atoms with Gasteiger partial charge in [0.25, 0.3) is 0 Å². The van der Waals surface area contributed by atoms with Crippen molar-refractivity contribution in [3.63, 3.8) is 0 Å². The van der Waals surface area contributed by atoms with Gasteiger partial charge in [0.05, 0.1) is 11.0 Å². The smallest absolute Gasteiger partial charge is 0.227 e. The van der Waals surface area contributed by atoms with Gasteiger partial charge in [-0.2, -0.15) is 0 Å². The molecule has 1 aromatic heterocycles. The van der Waals surface area contributed by atoms with Gasteiger partial charge in [-0.25, -0.2) is 0 Å². The first-order valence-electron chi connectivity index (χ1n) is 9.62. The quantitative estimate of drug-likeness (QED) is 0.456. The molecule has 3 aromatic carbocycles. The van der Waals surface area contributed by atoms with Gasteiger partial charge in [0, 0.05) is 28.1 Å². The van der Waals surface area contributed by atoms with E-state index in [0.29, 0.717) is 0 Å². The molecule has 27 heavy (non-hydrogen) atoms. The summed E-state index contributed by atoms with van der Waals surface area (Å²) >= 11 is 0. The van der Waals surface area contributed by atoms with Crippen molar-refractivity contribution in [2.75, 3.05) is 5.32 Å². The third-order valence-corrected chi connectivity index (χ3v) is 5.33. The number of rotatable bonds is 5. The molecule has 0 unspecified atom stereocenters. The summed E-state index contributed by atoms with van der Waals surface area (Å²) in [6, 6.07) is 25.0. The van der Waals surface area contributed by atoms with Gasteiger partial charge in [0.15, 0.2) is 0 Å². The van der Waals surface area contributed by atoms with Crippen molar-refractivity contribution in [2.24, 2.45) is 5.92 Å². The topological polar surface area (TPSA) is 34.0 Å². The lowest BCUT2D eigenvalue weighted by molar-refractivity contribution is -0.120. The molecular weight excluding hydrogens is 332 g/mol. The van der Waals surface area contributed by atoms with Crippen LogP contribution in [0.1, 0.15) is 26.7 Å². The molecule has 136 valence electrons. The highest BCUT2D eigenvalue weighted by atomic mass is 16.1. The Morgan fingerprint density at radius 3 is 1.85 bits per heavy atom. The van der Waals surface area contributed by atoms with E-state index >= 15 is 0 Å². The largest absolute Gasteiger partial charge is 0.326 e. The minimum atomic E-state index is 0.0713. The number of nitrogens with one attached hydrogen (secondary N) is 1. The summed E-state index contributed by atoms with van der Waals surface area (Å²) in [5.74, 6) is 0.173. The van der Waals surface area contributed by atoms with Gasteiger partial charge in [0.1, 0.15) is 0 Å². The van der Waals surface area contributed by atoms with Crippen LogP contribution in [-0.2, 0) is 4.79 Å². The number of benzene rings is 3. The van der Waals surface area contributed by atoms with Gasteiger partial charge in [-0.1, -0.05) is 50.2 Å². The Labute approximate surface area is 159 Å². The second-order valence-electron chi connectivity index (χ2n) is 6.92. The highest BCUT2D eigenvalue weighted by molar-refractivity contribution is 6.09. The first kappa shape index (κ1) is 17.3. The SMILES string of the molecule is CCC(CC)C(=O)Nc1ccc(-n2c3ccccc3c3ccccc32)cc1. The van der Waals surface area contributed by atoms with Gasteiger partial charge >= 0.3 is 0 Å². The molecule has 0 radical (unpaired) electrons. The monoisotopic (exact) mass is 356 g/mol. The van der Waals surface area contributed by atoms with Gasteiger partial charge in [0.2, 0.25) is 5.91 Å². The third kappa shape index (κ3) is 3.10. The normalized spacial score (nSPS) is 11.4. The van der Waals surface area contributed by atoms with Crippen molar-refractivity contribution in [1.29, 1.82) is 0 Å². The number of carbonyl (C=O) groups excluding carboxylic acids is 1. The van der Waals surface area contributed by atoms with Gasteiger partial charge in [-0.3, -0.25) is 4.79 Å². The number of hydrogen-bond acceptors (Lipinski definition) is 1. The number of para-hydroxylation sites is 2. The lowest BCUT2D eigenvalue weighted by atomic mass is 10.0. The molecule has 0 aliphatic rings. The van der Waals surface area contributed by atoms with Crippen molar-refractivity contribution < 1.29 is 4.79 Å². The molecule has 0 fully saturated rings. The number of amides is 1. The van der Waals surface area contributed by atoms with Crippen LogP contribution in [0.4, 0.5) is 5.69 Å². The van der Waals surface area contributed by atoms with Crippen molar-refractivity contribution in [3.05, 3.63) is 72.8 Å². The number of carbonyl (C=O) groups is 1. The van der Waals surface area contributed by atoms with E-state index in [1.807, 2.05) is 12.1 Å². The number of anilines is 1. The van der Waals surface area contributed by atoms with E-state index in [1.54, 1.807) is 0 Å². The van der Waals surface area contributed by atoms with Crippen molar-refractivity contribution >= 4 is 33.4 Å². The Bertz CT molecular complexity index is 1040. The molecule has 4 aromatic rings. The van der Waals surface area contributed by atoms with Gasteiger partial charge in [-0.05, 0) is 49.2 Å². The van der Waals surface area contributed by atoms with Crippen molar-refractivity contribution in [1.82, 2.24) is 4.57 Å². The Balaban J connectivity index is 1.73. The Morgan fingerprint density at radius 2 is 1.33 bits per heavy atom. The van der Waals surface area contributed by atoms with Crippen LogP contribution in [0.2, 0.25) is 0 Å². The zero-order valence-corrected chi connectivity index (χ0v) is 15.8. The molecule has 1 amide bonds. The summed E-state index contributed by atoms with van der Waals surface area (Å²) in [5, 5.41) is 5.54. The van der Waals surface area contributed by atoms with E-state index in [4.69, 9.17) is 0 Å². The fourth-order valence-electron chi connectivity index (χ4n) is 3.80. The highest BCUT2D eigenvalue weighted by Gasteiger charge is 2.15. The summed E-state index contributed by atoms with van der Waals surface area (Å²) in [6.45, 7) is 4.11. The molecular formula is C24H24N2O. The Hall–Kier alpha value is -3.07. The molecule has 0 atom stereocenters. The predicted octanol–water partition coefficient (Wildman–Crippen LogP) is 6.16. The Kier molecular flexibility index (Phi) is 4.68. The number of fused-ring (bicyclic) bond motifs is 3. The van der Waals surface area contributed by atoms with E-state index in [1.165, 1.54) is 21.8 Å². The third-order valence-electron chi connectivity index (χ3n) is 5.33. The van der Waals surface area contributed by atoms with Crippen LogP contribution < -0.4 is 5.32 Å². The summed E-state index contributed by atoms with van der Waals surface area (Å²) in [7, 11) is 0. The summed E-state index contributed by atoms with van der Waals surface area (Å²) in [6.07, 6.45) is 1.73. The second-order valence-corrected chi connectivity index (χ2v) is 6.92. The number of hydrogen-bond donors (Lipinski definition) is 1. The van der Waals surface area contributed by atoms with Gasteiger partial charge < -0.3 is 9.88 Å². The van der Waals surface area contributed by atoms with Crippen LogP contribution in [0.3, 0.4) is 0 Å². The van der Waals surface area contributed by atoms with E-state index in [9.17, 15) is 4.79 Å². The molecule has 0 spiro atoms. The first-order chi connectivity index (χ1) is 13.2. The molecule has 1 N–H and O–H groups in total. The molecule has 0 aliphatic heterocycles. The minimum absolute atomic E-state index is 0.0713. The van der Waals surface area contributed by atoms with Crippen molar-refractivity contribution in [2.45, 2.75) is 26.7 Å². The molecule has 3 nitrogen and oxygen atoms in total. The molecule has 4 rings (SSSR count). The summed E-state index contributed by atoms with van der Waals surface area (Å²) in [5.41, 5.74) is 4.31. The van der Waals surface area contributed by atoms with Crippen LogP contribution in [-0.4, -0.2) is 10.5 Å². The van der Waals surface area contributed by atoms with Gasteiger partial charge in [-0.15, -0.1) is 0 Å². The first-order valence-corrected chi connectivity index (χ1v) is 9.62. The van der Waals surface area contributed by atoms with Crippen LogP contribution in [0.25, 0.3) is 27.5 Å². The highest BCUT2D eigenvalue weighted by Crippen LogP contribution is 2.32. The number of nitrogens with zero attached hydrogens (tertiary/aromatic N) is 1. The molecule has 3 heteroatoms. The Morgan fingerprint density at radius 1 is 0.815 bits per heavy atom. The molecule has 0 saturated heterocycles. The van der Waals surface area contributed by atoms with Crippen LogP contribution in [0.5, 0.6) is 0 Å². The lowest BCUT2D eigenvalue weighted by Crippen LogP contribution is -2.21. The molecule has 1 heterocycles.